The van der Waals surface area contributed by atoms with Crippen LogP contribution in [0, 0.1) is 11.6 Å². The second kappa shape index (κ2) is 9.65. The molecule has 4 aromatic rings. The molecule has 1 N–H and O–H groups in total. The van der Waals surface area contributed by atoms with E-state index in [2.05, 4.69) is 10.1 Å². The summed E-state index contributed by atoms with van der Waals surface area (Å²) in [4.78, 5) is 18.0. The van der Waals surface area contributed by atoms with Crippen LogP contribution in [0.25, 0.3) is 16.9 Å². The Balaban J connectivity index is 1.72. The number of nitrogens with zero attached hydrogens (tertiary/aromatic N) is 2. The molecule has 0 spiro atoms. The Bertz CT molecular complexity index is 1320. The maximum Gasteiger partial charge on any atom is 0.280 e. The summed E-state index contributed by atoms with van der Waals surface area (Å²) in [7, 11) is 1.59. The molecule has 0 aliphatic carbocycles. The van der Waals surface area contributed by atoms with Crippen LogP contribution in [0.2, 0.25) is 0 Å². The first kappa shape index (κ1) is 22.2. The fraction of sp³-hybridized carbons (Fsp3) is 0.154. The van der Waals surface area contributed by atoms with E-state index in [1.807, 2.05) is 24.3 Å². The lowest BCUT2D eigenvalue weighted by Crippen LogP contribution is -2.20. The molecular weight excluding hydrogens is 424 g/mol. The quantitative estimate of drug-likeness (QED) is 0.397. The van der Waals surface area contributed by atoms with Crippen LogP contribution in [0.5, 0.6) is 5.75 Å². The average Bonchev–Trinajstić information content (AvgIpc) is 3.18. The van der Waals surface area contributed by atoms with Crippen LogP contribution in [0.15, 0.2) is 82.6 Å². The first-order chi connectivity index (χ1) is 16.0. The highest BCUT2D eigenvalue weighted by atomic mass is 19.1. The van der Waals surface area contributed by atoms with Crippen molar-refractivity contribution >= 4 is 5.71 Å². The standard InChI is InChI=1S/C26H23F2N3O2/c1-17(29-16-15-18-3-7-20(27)8-4-18)24-25(19-5-13-23(33-2)14-6-19)30-31(26(24)32)22-11-9-21(28)10-12-22/h3-14,30H,15-16H2,1-2H3. The minimum atomic E-state index is -0.382. The molecule has 0 amide bonds. The summed E-state index contributed by atoms with van der Waals surface area (Å²) in [5, 5.41) is 3.15. The Kier molecular flexibility index (Phi) is 6.49. The van der Waals surface area contributed by atoms with Gasteiger partial charge in [-0.1, -0.05) is 12.1 Å². The van der Waals surface area contributed by atoms with Gasteiger partial charge in [0.2, 0.25) is 0 Å². The summed E-state index contributed by atoms with van der Waals surface area (Å²) >= 11 is 0. The Hall–Kier alpha value is -4.00. The lowest BCUT2D eigenvalue weighted by atomic mass is 10.0. The number of halogens is 2. The summed E-state index contributed by atoms with van der Waals surface area (Å²) in [6.07, 6.45) is 0.617. The second-order valence-electron chi connectivity index (χ2n) is 7.55. The van der Waals surface area contributed by atoms with Crippen LogP contribution in [-0.4, -0.2) is 29.1 Å². The molecule has 0 saturated heterocycles. The van der Waals surface area contributed by atoms with Crippen molar-refractivity contribution in [1.82, 2.24) is 9.78 Å². The van der Waals surface area contributed by atoms with Gasteiger partial charge in [-0.25, -0.2) is 13.5 Å². The Morgan fingerprint density at radius 3 is 2.15 bits per heavy atom. The van der Waals surface area contributed by atoms with Crippen LogP contribution in [0.1, 0.15) is 18.1 Å². The van der Waals surface area contributed by atoms with Crippen LogP contribution >= 0.6 is 0 Å². The maximum absolute atomic E-state index is 13.4. The number of aromatic amines is 1. The zero-order chi connectivity index (χ0) is 23.4. The number of H-pyrrole nitrogens is 1. The molecule has 0 fully saturated rings. The van der Waals surface area contributed by atoms with Gasteiger partial charge in [0.25, 0.3) is 5.56 Å². The van der Waals surface area contributed by atoms with E-state index >= 15 is 0 Å². The predicted octanol–water partition coefficient (Wildman–Crippen LogP) is 5.17. The van der Waals surface area contributed by atoms with Crippen LogP contribution in [-0.2, 0) is 6.42 Å². The molecule has 1 heterocycles. The van der Waals surface area contributed by atoms with Crippen molar-refractivity contribution in [3.05, 3.63) is 106 Å². The summed E-state index contributed by atoms with van der Waals surface area (Å²) in [5.74, 6) is 0.0361. The summed E-state index contributed by atoms with van der Waals surface area (Å²) < 4.78 is 33.1. The number of rotatable bonds is 7. The van der Waals surface area contributed by atoms with Gasteiger partial charge in [0.1, 0.15) is 17.4 Å². The minimum absolute atomic E-state index is 0.281. The number of aliphatic imine (C=N–C) groups is 1. The van der Waals surface area contributed by atoms with Crippen molar-refractivity contribution in [3.8, 4) is 22.7 Å². The molecule has 3 aromatic carbocycles. The maximum atomic E-state index is 13.4. The van der Waals surface area contributed by atoms with Crippen LogP contribution in [0.3, 0.4) is 0 Å². The second-order valence-corrected chi connectivity index (χ2v) is 7.55. The molecular formula is C26H23F2N3O2. The van der Waals surface area contributed by atoms with Crippen molar-refractivity contribution in [3.63, 3.8) is 0 Å². The third-order valence-corrected chi connectivity index (χ3v) is 5.38. The molecule has 33 heavy (non-hydrogen) atoms. The lowest BCUT2D eigenvalue weighted by Gasteiger charge is -2.05. The summed E-state index contributed by atoms with van der Waals surface area (Å²) in [6.45, 7) is 2.23. The summed E-state index contributed by atoms with van der Waals surface area (Å²) in [6, 6.07) is 19.3. The largest absolute Gasteiger partial charge is 0.497 e. The van der Waals surface area contributed by atoms with E-state index in [4.69, 9.17) is 4.74 Å². The molecule has 0 bridgehead atoms. The molecule has 0 aliphatic heterocycles. The zero-order valence-electron chi connectivity index (χ0n) is 18.3. The monoisotopic (exact) mass is 447 g/mol. The highest BCUT2D eigenvalue weighted by molar-refractivity contribution is 6.03. The highest BCUT2D eigenvalue weighted by Gasteiger charge is 2.19. The SMILES string of the molecule is COc1ccc(-c2[nH]n(-c3ccc(F)cc3)c(=O)c2C(C)=NCCc2ccc(F)cc2)cc1. The van der Waals surface area contributed by atoms with Gasteiger partial charge in [-0.2, -0.15) is 0 Å². The van der Waals surface area contributed by atoms with Gasteiger partial charge in [-0.15, -0.1) is 0 Å². The van der Waals surface area contributed by atoms with Crippen molar-refractivity contribution in [2.24, 2.45) is 4.99 Å². The first-order valence-electron chi connectivity index (χ1n) is 10.5. The number of methoxy groups -OCH3 is 1. The molecule has 0 radical (unpaired) electrons. The normalized spacial score (nSPS) is 11.6. The molecule has 168 valence electrons. The third-order valence-electron chi connectivity index (χ3n) is 5.38. The van der Waals surface area contributed by atoms with Crippen LogP contribution in [0.4, 0.5) is 8.78 Å². The van der Waals surface area contributed by atoms with Gasteiger partial charge in [-0.05, 0) is 79.6 Å². The lowest BCUT2D eigenvalue weighted by molar-refractivity contribution is 0.415. The Labute approximate surface area is 190 Å². The molecule has 0 unspecified atom stereocenters. The third kappa shape index (κ3) is 4.92. The number of benzene rings is 3. The van der Waals surface area contributed by atoms with Crippen LogP contribution < -0.4 is 10.3 Å². The number of hydrogen-bond acceptors (Lipinski definition) is 3. The Morgan fingerprint density at radius 1 is 0.939 bits per heavy atom. The molecule has 0 saturated carbocycles. The van der Waals surface area contributed by atoms with Crippen molar-refractivity contribution in [1.29, 1.82) is 0 Å². The Morgan fingerprint density at radius 2 is 1.55 bits per heavy atom. The number of hydrogen-bond donors (Lipinski definition) is 1. The van der Waals surface area contributed by atoms with E-state index in [9.17, 15) is 13.6 Å². The van der Waals surface area contributed by atoms with E-state index in [0.717, 1.165) is 11.1 Å². The fourth-order valence-electron chi connectivity index (χ4n) is 3.59. The average molecular weight is 447 g/mol. The predicted molar refractivity (Wildman–Crippen MR) is 126 cm³/mol. The summed E-state index contributed by atoms with van der Waals surface area (Å²) in [5.41, 5.74) is 3.60. The molecule has 1 aromatic heterocycles. The molecule has 0 atom stereocenters. The number of aromatic nitrogens is 2. The number of ether oxygens (including phenoxy) is 1. The van der Waals surface area contributed by atoms with Crippen molar-refractivity contribution < 1.29 is 13.5 Å². The van der Waals surface area contributed by atoms with Crippen molar-refractivity contribution in [2.75, 3.05) is 13.7 Å². The van der Waals surface area contributed by atoms with Gasteiger partial charge in [0.05, 0.1) is 24.1 Å². The number of nitrogens with one attached hydrogen (secondary N) is 1. The molecule has 7 heteroatoms. The first-order valence-corrected chi connectivity index (χ1v) is 10.5. The van der Waals surface area contributed by atoms with E-state index in [1.165, 1.54) is 41.1 Å². The minimum Gasteiger partial charge on any atom is -0.497 e. The van der Waals surface area contributed by atoms with Gasteiger partial charge < -0.3 is 4.74 Å². The molecule has 0 aliphatic rings. The van der Waals surface area contributed by atoms with E-state index in [1.54, 1.807) is 26.2 Å². The molecule has 5 nitrogen and oxygen atoms in total. The fourth-order valence-corrected chi connectivity index (χ4v) is 3.59. The zero-order valence-corrected chi connectivity index (χ0v) is 18.3. The van der Waals surface area contributed by atoms with E-state index in [-0.39, 0.29) is 17.2 Å². The topological polar surface area (TPSA) is 59.4 Å². The van der Waals surface area contributed by atoms with Crippen molar-refractivity contribution in [2.45, 2.75) is 13.3 Å². The highest BCUT2D eigenvalue weighted by Crippen LogP contribution is 2.24. The molecule has 4 rings (SSSR count). The van der Waals surface area contributed by atoms with Gasteiger partial charge >= 0.3 is 0 Å². The van der Waals surface area contributed by atoms with E-state index in [0.29, 0.717) is 41.4 Å². The van der Waals surface area contributed by atoms with Gasteiger partial charge in [0.15, 0.2) is 0 Å². The van der Waals surface area contributed by atoms with Gasteiger partial charge in [0, 0.05) is 17.8 Å². The van der Waals surface area contributed by atoms with Gasteiger partial charge in [-0.3, -0.25) is 14.9 Å². The smallest absolute Gasteiger partial charge is 0.280 e. The van der Waals surface area contributed by atoms with E-state index < -0.39 is 0 Å².